The Morgan fingerprint density at radius 2 is 1.90 bits per heavy atom. The molecule has 3 aromatic heterocycles. The zero-order valence-electron chi connectivity index (χ0n) is 17.1. The number of fused-ring (bicyclic) bond motifs is 1. The molecule has 0 aliphatic rings. The summed E-state index contributed by atoms with van der Waals surface area (Å²) in [6.07, 6.45) is 5.15. The molecule has 6 nitrogen and oxygen atoms in total. The topological polar surface area (TPSA) is 76.4 Å². The maximum Gasteiger partial charge on any atom is 0.270 e. The number of thiazole rings is 1. The standard InChI is InChI=1S/C23H22N4O2S/c1-4-5-16-7-9-17(10-8-16)20-15(3)30-23(25-20)26-21(28)18-12-24-19-11-6-14(2)13-27(19)22(18)29/h6-13H,4-5H2,1-3H3,(H,25,26,28). The zero-order valence-corrected chi connectivity index (χ0v) is 17.9. The second kappa shape index (κ2) is 8.20. The Kier molecular flexibility index (Phi) is 5.46. The van der Waals surface area contributed by atoms with Crippen LogP contribution in [0.5, 0.6) is 0 Å². The number of anilines is 1. The van der Waals surface area contributed by atoms with Crippen molar-refractivity contribution in [2.75, 3.05) is 5.32 Å². The highest BCUT2D eigenvalue weighted by atomic mass is 32.1. The van der Waals surface area contributed by atoms with Crippen molar-refractivity contribution in [3.63, 3.8) is 0 Å². The summed E-state index contributed by atoms with van der Waals surface area (Å²) in [5.41, 5.74) is 4.13. The van der Waals surface area contributed by atoms with Gasteiger partial charge in [0, 0.05) is 22.8 Å². The van der Waals surface area contributed by atoms with Gasteiger partial charge in [0.25, 0.3) is 11.5 Å². The molecular formula is C23H22N4O2S. The van der Waals surface area contributed by atoms with Gasteiger partial charge in [0.1, 0.15) is 11.2 Å². The fraction of sp³-hybridized carbons (Fsp3) is 0.217. The van der Waals surface area contributed by atoms with Crippen LogP contribution in [0.1, 0.15) is 39.7 Å². The first kappa shape index (κ1) is 20.0. The van der Waals surface area contributed by atoms with Crippen LogP contribution in [0, 0.1) is 13.8 Å². The molecule has 4 rings (SSSR count). The predicted octanol–water partition coefficient (Wildman–Crippen LogP) is 4.64. The Hall–Kier alpha value is -3.32. The number of hydrogen-bond donors (Lipinski definition) is 1. The van der Waals surface area contributed by atoms with E-state index in [0.717, 1.165) is 34.5 Å². The number of amides is 1. The van der Waals surface area contributed by atoms with Crippen LogP contribution in [0.3, 0.4) is 0 Å². The largest absolute Gasteiger partial charge is 0.298 e. The van der Waals surface area contributed by atoms with Gasteiger partial charge in [-0.15, -0.1) is 11.3 Å². The van der Waals surface area contributed by atoms with Gasteiger partial charge in [-0.2, -0.15) is 0 Å². The van der Waals surface area contributed by atoms with Gasteiger partial charge in [0.05, 0.1) is 5.69 Å². The molecule has 1 aromatic carbocycles. The number of aromatic nitrogens is 3. The Balaban J connectivity index is 1.60. The first-order valence-corrected chi connectivity index (χ1v) is 10.6. The van der Waals surface area contributed by atoms with E-state index in [0.29, 0.717) is 10.8 Å². The molecule has 7 heteroatoms. The van der Waals surface area contributed by atoms with Crippen LogP contribution < -0.4 is 10.9 Å². The van der Waals surface area contributed by atoms with Gasteiger partial charge >= 0.3 is 0 Å². The minimum absolute atomic E-state index is 0.0172. The molecule has 0 saturated heterocycles. The van der Waals surface area contributed by atoms with Gasteiger partial charge in [-0.3, -0.25) is 19.3 Å². The summed E-state index contributed by atoms with van der Waals surface area (Å²) in [4.78, 5) is 35.3. The Labute approximate surface area is 178 Å². The molecule has 0 atom stereocenters. The van der Waals surface area contributed by atoms with E-state index in [2.05, 4.69) is 46.5 Å². The number of carbonyl (C=O) groups excluding carboxylic acids is 1. The van der Waals surface area contributed by atoms with Crippen molar-refractivity contribution in [3.05, 3.63) is 80.7 Å². The molecule has 152 valence electrons. The summed E-state index contributed by atoms with van der Waals surface area (Å²) in [6.45, 7) is 6.01. The fourth-order valence-corrected chi connectivity index (χ4v) is 4.17. The number of nitrogens with one attached hydrogen (secondary N) is 1. The first-order valence-electron chi connectivity index (χ1n) is 9.82. The molecule has 0 bridgehead atoms. The highest BCUT2D eigenvalue weighted by molar-refractivity contribution is 7.16. The predicted molar refractivity (Wildman–Crippen MR) is 120 cm³/mol. The Morgan fingerprint density at radius 3 is 2.63 bits per heavy atom. The maximum absolute atomic E-state index is 12.7. The normalized spacial score (nSPS) is 11.0. The average Bonchev–Trinajstić information content (AvgIpc) is 3.09. The maximum atomic E-state index is 12.7. The zero-order chi connectivity index (χ0) is 21.3. The van der Waals surface area contributed by atoms with E-state index in [1.54, 1.807) is 12.3 Å². The molecule has 0 aliphatic carbocycles. The van der Waals surface area contributed by atoms with Gasteiger partial charge in [-0.1, -0.05) is 43.7 Å². The molecule has 1 N–H and O–H groups in total. The van der Waals surface area contributed by atoms with Crippen molar-refractivity contribution < 1.29 is 4.79 Å². The third-order valence-corrected chi connectivity index (χ3v) is 5.76. The molecule has 4 aromatic rings. The van der Waals surface area contributed by atoms with Gasteiger partial charge < -0.3 is 0 Å². The molecular weight excluding hydrogens is 396 g/mol. The van der Waals surface area contributed by atoms with E-state index < -0.39 is 11.5 Å². The van der Waals surface area contributed by atoms with Gasteiger partial charge in [-0.25, -0.2) is 9.97 Å². The van der Waals surface area contributed by atoms with Crippen molar-refractivity contribution in [2.24, 2.45) is 0 Å². The van der Waals surface area contributed by atoms with Crippen LogP contribution in [0.15, 0.2) is 53.6 Å². The van der Waals surface area contributed by atoms with Crippen LogP contribution >= 0.6 is 11.3 Å². The fourth-order valence-electron chi connectivity index (χ4n) is 3.34. The van der Waals surface area contributed by atoms with E-state index in [1.165, 1.54) is 27.5 Å². The lowest BCUT2D eigenvalue weighted by Crippen LogP contribution is -2.26. The van der Waals surface area contributed by atoms with Crippen LogP contribution in [0.2, 0.25) is 0 Å². The van der Waals surface area contributed by atoms with Crippen LogP contribution in [0.4, 0.5) is 5.13 Å². The lowest BCUT2D eigenvalue weighted by atomic mass is 10.1. The number of pyridine rings is 1. The number of hydrogen-bond acceptors (Lipinski definition) is 5. The van der Waals surface area contributed by atoms with E-state index in [-0.39, 0.29) is 5.56 Å². The summed E-state index contributed by atoms with van der Waals surface area (Å²) in [7, 11) is 0. The molecule has 0 saturated carbocycles. The molecule has 0 fully saturated rings. The van der Waals surface area contributed by atoms with Crippen molar-refractivity contribution in [3.8, 4) is 11.3 Å². The number of rotatable bonds is 5. The molecule has 0 radical (unpaired) electrons. The van der Waals surface area contributed by atoms with Crippen LogP contribution in [-0.4, -0.2) is 20.3 Å². The third kappa shape index (κ3) is 3.89. The van der Waals surface area contributed by atoms with Crippen molar-refractivity contribution >= 4 is 28.0 Å². The number of benzene rings is 1. The smallest absolute Gasteiger partial charge is 0.270 e. The highest BCUT2D eigenvalue weighted by Crippen LogP contribution is 2.30. The first-order chi connectivity index (χ1) is 14.5. The van der Waals surface area contributed by atoms with Crippen molar-refractivity contribution in [1.82, 2.24) is 14.4 Å². The van der Waals surface area contributed by atoms with Crippen molar-refractivity contribution in [1.29, 1.82) is 0 Å². The van der Waals surface area contributed by atoms with Gasteiger partial charge in [-0.05, 0) is 37.5 Å². The monoisotopic (exact) mass is 418 g/mol. The Morgan fingerprint density at radius 1 is 1.13 bits per heavy atom. The summed E-state index contributed by atoms with van der Waals surface area (Å²) < 4.78 is 1.39. The molecule has 30 heavy (non-hydrogen) atoms. The number of nitrogens with zero attached hydrogens (tertiary/aromatic N) is 3. The summed E-state index contributed by atoms with van der Waals surface area (Å²) in [5, 5.41) is 3.21. The molecule has 1 amide bonds. The minimum Gasteiger partial charge on any atom is -0.298 e. The summed E-state index contributed by atoms with van der Waals surface area (Å²) in [5.74, 6) is -0.512. The summed E-state index contributed by atoms with van der Waals surface area (Å²) in [6, 6.07) is 12.0. The number of carbonyl (C=O) groups is 1. The lowest BCUT2D eigenvalue weighted by Gasteiger charge is -2.05. The molecule has 0 unspecified atom stereocenters. The average molecular weight is 419 g/mol. The third-order valence-electron chi connectivity index (χ3n) is 4.88. The van der Waals surface area contributed by atoms with Gasteiger partial charge in [0.2, 0.25) is 0 Å². The Bertz CT molecular complexity index is 1290. The van der Waals surface area contributed by atoms with E-state index in [9.17, 15) is 9.59 Å². The highest BCUT2D eigenvalue weighted by Gasteiger charge is 2.17. The van der Waals surface area contributed by atoms with Crippen LogP contribution in [0.25, 0.3) is 16.9 Å². The van der Waals surface area contributed by atoms with Crippen molar-refractivity contribution in [2.45, 2.75) is 33.6 Å². The molecule has 0 spiro atoms. The lowest BCUT2D eigenvalue weighted by molar-refractivity contribution is 0.102. The van der Waals surface area contributed by atoms with E-state index >= 15 is 0 Å². The second-order valence-electron chi connectivity index (χ2n) is 7.24. The number of aryl methyl sites for hydroxylation is 3. The second-order valence-corrected chi connectivity index (χ2v) is 8.44. The molecule has 3 heterocycles. The minimum atomic E-state index is -0.512. The SMILES string of the molecule is CCCc1ccc(-c2nc(NC(=O)c3cnc4ccc(C)cn4c3=O)sc2C)cc1. The van der Waals surface area contributed by atoms with E-state index in [4.69, 9.17) is 0 Å². The van der Waals surface area contributed by atoms with Crippen LogP contribution in [-0.2, 0) is 6.42 Å². The van der Waals surface area contributed by atoms with E-state index in [1.807, 2.05) is 19.9 Å². The van der Waals surface area contributed by atoms with Gasteiger partial charge in [0.15, 0.2) is 5.13 Å². The quantitative estimate of drug-likeness (QED) is 0.512. The summed E-state index contributed by atoms with van der Waals surface area (Å²) >= 11 is 1.39. The molecule has 0 aliphatic heterocycles.